The summed E-state index contributed by atoms with van der Waals surface area (Å²) in [5.74, 6) is -0.128. The van der Waals surface area contributed by atoms with Gasteiger partial charge in [0.25, 0.3) is 0 Å². The van der Waals surface area contributed by atoms with Crippen LogP contribution in [0.25, 0.3) is 17.1 Å². The molecule has 5 nitrogen and oxygen atoms in total. The van der Waals surface area contributed by atoms with Crippen molar-refractivity contribution in [3.05, 3.63) is 51.7 Å². The van der Waals surface area contributed by atoms with Crippen LogP contribution < -0.4 is 5.73 Å². The number of benzene rings is 2. The summed E-state index contributed by atoms with van der Waals surface area (Å²) in [6, 6.07) is 9.57. The van der Waals surface area contributed by atoms with Gasteiger partial charge in [0.05, 0.1) is 0 Å². The van der Waals surface area contributed by atoms with Gasteiger partial charge in [0, 0.05) is 20.7 Å². The molecule has 0 bridgehead atoms. The van der Waals surface area contributed by atoms with E-state index < -0.39 is 5.82 Å². The van der Waals surface area contributed by atoms with Crippen LogP contribution in [0.15, 0.2) is 40.9 Å². The van der Waals surface area contributed by atoms with Crippen molar-refractivity contribution < 1.29 is 4.39 Å². The third kappa shape index (κ3) is 2.62. The number of hydrogen-bond donors (Lipinski definition) is 1. The average Bonchev–Trinajstić information content (AvgIpc) is 2.91. The second-order valence-electron chi connectivity index (χ2n) is 4.25. The van der Waals surface area contributed by atoms with Crippen LogP contribution in [0.2, 0.25) is 5.02 Å². The van der Waals surface area contributed by atoms with E-state index in [1.54, 1.807) is 24.3 Å². The summed E-state index contributed by atoms with van der Waals surface area (Å²) in [5.41, 5.74) is 7.27. The van der Waals surface area contributed by atoms with Crippen LogP contribution >= 0.6 is 27.5 Å². The lowest BCUT2D eigenvalue weighted by atomic mass is 10.2. The molecule has 0 unspecified atom stereocenters. The molecular formula is C13H8BrClFN5. The van der Waals surface area contributed by atoms with E-state index in [0.29, 0.717) is 22.1 Å². The summed E-state index contributed by atoms with van der Waals surface area (Å²) in [7, 11) is 0. The maximum atomic E-state index is 14.0. The molecular weight excluding hydrogens is 361 g/mol. The molecule has 8 heteroatoms. The van der Waals surface area contributed by atoms with Crippen LogP contribution in [0.5, 0.6) is 0 Å². The lowest BCUT2D eigenvalue weighted by Gasteiger charge is -2.07. The highest BCUT2D eigenvalue weighted by molar-refractivity contribution is 9.10. The van der Waals surface area contributed by atoms with Crippen LogP contribution in [-0.4, -0.2) is 20.2 Å². The van der Waals surface area contributed by atoms with E-state index in [2.05, 4.69) is 31.5 Å². The van der Waals surface area contributed by atoms with Gasteiger partial charge >= 0.3 is 0 Å². The largest absolute Gasteiger partial charge is 0.398 e. The minimum atomic E-state index is -0.513. The molecule has 0 radical (unpaired) electrons. The lowest BCUT2D eigenvalue weighted by Crippen LogP contribution is -2.03. The molecule has 1 aromatic heterocycles. The number of tetrazole rings is 1. The van der Waals surface area contributed by atoms with E-state index >= 15 is 0 Å². The number of nitrogen functional groups attached to an aromatic ring is 1. The fraction of sp³-hybridized carbons (Fsp3) is 0. The van der Waals surface area contributed by atoms with Gasteiger partial charge in [-0.3, -0.25) is 0 Å². The van der Waals surface area contributed by atoms with Crippen LogP contribution in [0.1, 0.15) is 0 Å². The molecule has 0 amide bonds. The van der Waals surface area contributed by atoms with E-state index in [9.17, 15) is 4.39 Å². The first-order valence-corrected chi connectivity index (χ1v) is 7.02. The number of nitrogens with zero attached hydrogens (tertiary/aromatic N) is 4. The highest BCUT2D eigenvalue weighted by Crippen LogP contribution is 2.27. The monoisotopic (exact) mass is 367 g/mol. The fourth-order valence-corrected chi connectivity index (χ4v) is 2.27. The van der Waals surface area contributed by atoms with Crippen molar-refractivity contribution in [2.24, 2.45) is 0 Å². The Balaban J connectivity index is 2.14. The molecule has 106 valence electrons. The molecule has 0 fully saturated rings. The SMILES string of the molecule is Nc1cc(-c2nnnn2-c2ccc(Cl)cc2F)ccc1Br. The Morgan fingerprint density at radius 2 is 2.00 bits per heavy atom. The molecule has 0 aliphatic rings. The molecule has 2 N–H and O–H groups in total. The minimum Gasteiger partial charge on any atom is -0.398 e. The normalized spacial score (nSPS) is 10.8. The van der Waals surface area contributed by atoms with Crippen molar-refractivity contribution in [1.29, 1.82) is 0 Å². The zero-order valence-corrected chi connectivity index (χ0v) is 12.8. The highest BCUT2D eigenvalue weighted by Gasteiger charge is 2.15. The van der Waals surface area contributed by atoms with Crippen LogP contribution in [0.4, 0.5) is 10.1 Å². The predicted molar refractivity (Wildman–Crippen MR) is 81.7 cm³/mol. The van der Waals surface area contributed by atoms with Gasteiger partial charge in [0.2, 0.25) is 0 Å². The molecule has 1 heterocycles. The highest BCUT2D eigenvalue weighted by atomic mass is 79.9. The Kier molecular flexibility index (Phi) is 3.60. The van der Waals surface area contributed by atoms with Crippen molar-refractivity contribution in [2.75, 3.05) is 5.73 Å². The lowest BCUT2D eigenvalue weighted by molar-refractivity contribution is 0.608. The molecule has 0 spiro atoms. The van der Waals surface area contributed by atoms with Gasteiger partial charge in [-0.25, -0.2) is 4.39 Å². The van der Waals surface area contributed by atoms with Gasteiger partial charge in [-0.15, -0.1) is 5.10 Å². The zero-order chi connectivity index (χ0) is 15.0. The third-order valence-electron chi connectivity index (χ3n) is 2.86. The van der Waals surface area contributed by atoms with Gasteiger partial charge in [0.15, 0.2) is 5.82 Å². The number of rotatable bonds is 2. The van der Waals surface area contributed by atoms with Gasteiger partial charge in [-0.1, -0.05) is 11.6 Å². The topological polar surface area (TPSA) is 69.6 Å². The average molecular weight is 369 g/mol. The van der Waals surface area contributed by atoms with Gasteiger partial charge < -0.3 is 5.73 Å². The number of nitrogens with two attached hydrogens (primary N) is 1. The molecule has 2 aromatic carbocycles. The molecule has 0 aliphatic carbocycles. The Morgan fingerprint density at radius 1 is 1.19 bits per heavy atom. The Bertz CT molecular complexity index is 820. The van der Waals surface area contributed by atoms with Crippen molar-refractivity contribution >= 4 is 33.2 Å². The first kappa shape index (κ1) is 14.0. The summed E-state index contributed by atoms with van der Waals surface area (Å²) in [4.78, 5) is 0. The third-order valence-corrected chi connectivity index (χ3v) is 3.82. The van der Waals surface area contributed by atoms with Crippen molar-refractivity contribution in [3.63, 3.8) is 0 Å². The predicted octanol–water partition coefficient (Wildman–Crippen LogP) is 3.47. The minimum absolute atomic E-state index is 0.209. The Hall–Kier alpha value is -1.99. The van der Waals surface area contributed by atoms with E-state index in [1.165, 1.54) is 16.8 Å². The molecule has 0 saturated carbocycles. The number of aromatic nitrogens is 4. The van der Waals surface area contributed by atoms with E-state index in [-0.39, 0.29) is 5.69 Å². The molecule has 3 aromatic rings. The van der Waals surface area contributed by atoms with Gasteiger partial charge in [0.1, 0.15) is 11.5 Å². The second-order valence-corrected chi connectivity index (χ2v) is 5.54. The quantitative estimate of drug-likeness (QED) is 0.703. The van der Waals surface area contributed by atoms with Crippen molar-refractivity contribution in [1.82, 2.24) is 20.2 Å². The molecule has 0 saturated heterocycles. The Labute approximate surface area is 132 Å². The molecule has 0 atom stereocenters. The molecule has 0 aliphatic heterocycles. The number of halogens is 3. The first-order chi connectivity index (χ1) is 10.1. The maximum Gasteiger partial charge on any atom is 0.187 e. The van der Waals surface area contributed by atoms with Crippen molar-refractivity contribution in [2.45, 2.75) is 0 Å². The van der Waals surface area contributed by atoms with E-state index in [4.69, 9.17) is 17.3 Å². The first-order valence-electron chi connectivity index (χ1n) is 5.85. The molecule has 21 heavy (non-hydrogen) atoms. The Morgan fingerprint density at radius 3 is 2.71 bits per heavy atom. The van der Waals surface area contributed by atoms with Crippen LogP contribution in [0.3, 0.4) is 0 Å². The summed E-state index contributed by atoms with van der Waals surface area (Å²) in [6.07, 6.45) is 0. The van der Waals surface area contributed by atoms with Crippen molar-refractivity contribution in [3.8, 4) is 17.1 Å². The zero-order valence-electron chi connectivity index (χ0n) is 10.5. The van der Waals surface area contributed by atoms with Gasteiger partial charge in [-0.2, -0.15) is 4.68 Å². The second kappa shape index (κ2) is 5.42. The van der Waals surface area contributed by atoms with Gasteiger partial charge in [-0.05, 0) is 62.8 Å². The number of anilines is 1. The summed E-state index contributed by atoms with van der Waals surface area (Å²) >= 11 is 9.07. The summed E-state index contributed by atoms with van der Waals surface area (Å²) in [5, 5.41) is 11.7. The summed E-state index contributed by atoms with van der Waals surface area (Å²) < 4.78 is 16.1. The fourth-order valence-electron chi connectivity index (χ4n) is 1.87. The van der Waals surface area contributed by atoms with E-state index in [0.717, 1.165) is 4.47 Å². The number of hydrogen-bond acceptors (Lipinski definition) is 4. The maximum absolute atomic E-state index is 14.0. The van der Waals surface area contributed by atoms with Crippen LogP contribution in [-0.2, 0) is 0 Å². The molecule has 3 rings (SSSR count). The standard InChI is InChI=1S/C13H8BrClFN5/c14-9-3-1-7(5-11(9)17)13-18-19-20-21(13)12-4-2-8(15)6-10(12)16/h1-6H,17H2. The summed E-state index contributed by atoms with van der Waals surface area (Å²) in [6.45, 7) is 0. The van der Waals surface area contributed by atoms with E-state index in [1.807, 2.05) is 0 Å². The smallest absolute Gasteiger partial charge is 0.187 e. The van der Waals surface area contributed by atoms with Crippen LogP contribution in [0, 0.1) is 5.82 Å².